The molecule has 0 aliphatic carbocycles. The lowest BCUT2D eigenvalue weighted by Gasteiger charge is -2.19. The maximum atomic E-state index is 3.64. The third-order valence-electron chi connectivity index (χ3n) is 3.34. The van der Waals surface area contributed by atoms with Gasteiger partial charge in [-0.05, 0) is 51.3 Å². The van der Waals surface area contributed by atoms with Crippen LogP contribution >= 0.6 is 0 Å². The van der Waals surface area contributed by atoms with E-state index in [1.165, 1.54) is 23.2 Å². The van der Waals surface area contributed by atoms with Crippen molar-refractivity contribution in [1.29, 1.82) is 0 Å². The predicted molar refractivity (Wildman–Crippen MR) is 70.0 cm³/mol. The van der Waals surface area contributed by atoms with Gasteiger partial charge < -0.3 is 10.6 Å². The summed E-state index contributed by atoms with van der Waals surface area (Å²) < 4.78 is 0. The highest BCUT2D eigenvalue weighted by atomic mass is 15.1. The Balaban J connectivity index is 2.07. The number of nitrogens with one attached hydrogen (secondary N) is 2. The van der Waals surface area contributed by atoms with Crippen molar-refractivity contribution in [1.82, 2.24) is 5.32 Å². The molecular weight excluding hydrogens is 196 g/mol. The summed E-state index contributed by atoms with van der Waals surface area (Å²) in [6.45, 7) is 9.88. The van der Waals surface area contributed by atoms with Crippen LogP contribution in [0.1, 0.15) is 31.4 Å². The van der Waals surface area contributed by atoms with Crippen molar-refractivity contribution in [2.45, 2.75) is 45.7 Å². The molecule has 1 unspecified atom stereocenters. The first-order valence-electron chi connectivity index (χ1n) is 6.05. The average molecular weight is 218 g/mol. The zero-order valence-corrected chi connectivity index (χ0v) is 10.7. The molecule has 0 radical (unpaired) electrons. The summed E-state index contributed by atoms with van der Waals surface area (Å²) in [5.74, 6) is 0. The average Bonchev–Trinajstić information content (AvgIpc) is 2.52. The third-order valence-corrected chi connectivity index (χ3v) is 3.34. The highest BCUT2D eigenvalue weighted by molar-refractivity contribution is 5.53. The van der Waals surface area contributed by atoms with Gasteiger partial charge in [-0.2, -0.15) is 0 Å². The number of benzene rings is 1. The second-order valence-electron chi connectivity index (χ2n) is 5.63. The number of anilines is 1. The van der Waals surface area contributed by atoms with Gasteiger partial charge in [0.25, 0.3) is 0 Å². The van der Waals surface area contributed by atoms with Crippen LogP contribution in [0.15, 0.2) is 18.2 Å². The summed E-state index contributed by atoms with van der Waals surface area (Å²) in [5.41, 5.74) is 4.20. The Labute approximate surface area is 98.4 Å². The smallest absolute Gasteiger partial charge is 0.0403 e. The third kappa shape index (κ3) is 2.56. The quantitative estimate of drug-likeness (QED) is 0.797. The predicted octanol–water partition coefficient (Wildman–Crippen LogP) is 2.86. The zero-order valence-electron chi connectivity index (χ0n) is 10.7. The van der Waals surface area contributed by atoms with Gasteiger partial charge in [-0.15, -0.1) is 0 Å². The van der Waals surface area contributed by atoms with Crippen LogP contribution in [0.4, 0.5) is 5.69 Å². The van der Waals surface area contributed by atoms with Gasteiger partial charge in [0.2, 0.25) is 0 Å². The SMILES string of the molecule is Cc1ccc(C)c(NC2CNC(C)(C)C2)c1. The van der Waals surface area contributed by atoms with Gasteiger partial charge in [0.15, 0.2) is 0 Å². The van der Waals surface area contributed by atoms with E-state index in [0.29, 0.717) is 6.04 Å². The molecule has 0 spiro atoms. The summed E-state index contributed by atoms with van der Waals surface area (Å²) in [6.07, 6.45) is 1.18. The standard InChI is InChI=1S/C14H22N2/c1-10-5-6-11(2)13(7-10)16-12-8-14(3,4)15-9-12/h5-7,12,15-16H,8-9H2,1-4H3. The molecule has 16 heavy (non-hydrogen) atoms. The fourth-order valence-electron chi connectivity index (χ4n) is 2.37. The monoisotopic (exact) mass is 218 g/mol. The molecule has 1 aromatic rings. The van der Waals surface area contributed by atoms with Gasteiger partial charge in [0.1, 0.15) is 0 Å². The van der Waals surface area contributed by atoms with Crippen LogP contribution in [-0.4, -0.2) is 18.1 Å². The molecule has 2 heteroatoms. The summed E-state index contributed by atoms with van der Waals surface area (Å²) in [4.78, 5) is 0. The van der Waals surface area contributed by atoms with E-state index in [9.17, 15) is 0 Å². The topological polar surface area (TPSA) is 24.1 Å². The zero-order chi connectivity index (χ0) is 11.8. The van der Waals surface area contributed by atoms with Gasteiger partial charge in [-0.1, -0.05) is 12.1 Å². The number of hydrogen-bond acceptors (Lipinski definition) is 2. The largest absolute Gasteiger partial charge is 0.381 e. The van der Waals surface area contributed by atoms with E-state index >= 15 is 0 Å². The first-order valence-corrected chi connectivity index (χ1v) is 6.05. The van der Waals surface area contributed by atoms with Crippen LogP contribution in [0, 0.1) is 13.8 Å². The first-order chi connectivity index (χ1) is 7.46. The van der Waals surface area contributed by atoms with Gasteiger partial charge in [-0.25, -0.2) is 0 Å². The molecule has 1 aliphatic heterocycles. The van der Waals surface area contributed by atoms with Crippen molar-refractivity contribution < 1.29 is 0 Å². The van der Waals surface area contributed by atoms with E-state index in [2.05, 4.69) is 56.5 Å². The Morgan fingerprint density at radius 1 is 1.31 bits per heavy atom. The van der Waals surface area contributed by atoms with Crippen molar-refractivity contribution >= 4 is 5.69 Å². The van der Waals surface area contributed by atoms with E-state index in [1.54, 1.807) is 0 Å². The van der Waals surface area contributed by atoms with Crippen LogP contribution in [0.25, 0.3) is 0 Å². The minimum atomic E-state index is 0.273. The highest BCUT2D eigenvalue weighted by Crippen LogP contribution is 2.23. The van der Waals surface area contributed by atoms with Crippen molar-refractivity contribution in [2.24, 2.45) is 0 Å². The lowest BCUT2D eigenvalue weighted by molar-refractivity contribution is 0.457. The molecule has 2 N–H and O–H groups in total. The molecule has 1 aromatic carbocycles. The van der Waals surface area contributed by atoms with E-state index in [1.807, 2.05) is 0 Å². The Hall–Kier alpha value is -1.02. The van der Waals surface area contributed by atoms with Gasteiger partial charge in [0.05, 0.1) is 0 Å². The van der Waals surface area contributed by atoms with Crippen LogP contribution in [0.2, 0.25) is 0 Å². The lowest BCUT2D eigenvalue weighted by Crippen LogP contribution is -2.31. The summed E-state index contributed by atoms with van der Waals surface area (Å²) in [5, 5.41) is 7.18. The molecule has 1 aliphatic rings. The molecule has 88 valence electrons. The second-order valence-corrected chi connectivity index (χ2v) is 5.63. The first kappa shape index (κ1) is 11.5. The van der Waals surface area contributed by atoms with Crippen LogP contribution < -0.4 is 10.6 Å². The second kappa shape index (κ2) is 4.10. The Morgan fingerprint density at radius 2 is 2.06 bits per heavy atom. The van der Waals surface area contributed by atoms with E-state index < -0.39 is 0 Å². The van der Waals surface area contributed by atoms with E-state index in [0.717, 1.165) is 6.54 Å². The van der Waals surface area contributed by atoms with Crippen molar-refractivity contribution in [3.05, 3.63) is 29.3 Å². The normalized spacial score (nSPS) is 23.4. The van der Waals surface area contributed by atoms with Crippen molar-refractivity contribution in [3.8, 4) is 0 Å². The van der Waals surface area contributed by atoms with Gasteiger partial charge in [0, 0.05) is 23.8 Å². The summed E-state index contributed by atoms with van der Waals surface area (Å²) in [6, 6.07) is 7.14. The molecule has 0 bridgehead atoms. The minimum Gasteiger partial charge on any atom is -0.381 e. The van der Waals surface area contributed by atoms with Crippen LogP contribution in [-0.2, 0) is 0 Å². The lowest BCUT2D eigenvalue weighted by atomic mass is 10.0. The number of rotatable bonds is 2. The maximum absolute atomic E-state index is 3.64. The Kier molecular flexibility index (Phi) is 2.94. The molecule has 0 aromatic heterocycles. The minimum absolute atomic E-state index is 0.273. The molecule has 1 saturated heterocycles. The molecule has 0 saturated carbocycles. The van der Waals surface area contributed by atoms with Crippen molar-refractivity contribution in [2.75, 3.05) is 11.9 Å². The fraction of sp³-hybridized carbons (Fsp3) is 0.571. The number of hydrogen-bond donors (Lipinski definition) is 2. The van der Waals surface area contributed by atoms with Gasteiger partial charge in [-0.3, -0.25) is 0 Å². The molecule has 2 nitrogen and oxygen atoms in total. The van der Waals surface area contributed by atoms with Crippen LogP contribution in [0.3, 0.4) is 0 Å². The van der Waals surface area contributed by atoms with Crippen molar-refractivity contribution in [3.63, 3.8) is 0 Å². The maximum Gasteiger partial charge on any atom is 0.0403 e. The summed E-state index contributed by atoms with van der Waals surface area (Å²) >= 11 is 0. The Morgan fingerprint density at radius 3 is 2.69 bits per heavy atom. The molecule has 1 heterocycles. The fourth-order valence-corrected chi connectivity index (χ4v) is 2.37. The van der Waals surface area contributed by atoms with Gasteiger partial charge >= 0.3 is 0 Å². The molecule has 1 atom stereocenters. The number of aryl methyl sites for hydroxylation is 2. The summed E-state index contributed by atoms with van der Waals surface area (Å²) in [7, 11) is 0. The Bertz CT molecular complexity index is 382. The molecule has 1 fully saturated rings. The molecule has 0 amide bonds. The van der Waals surface area contributed by atoms with E-state index in [4.69, 9.17) is 0 Å². The van der Waals surface area contributed by atoms with E-state index in [-0.39, 0.29) is 5.54 Å². The van der Waals surface area contributed by atoms with Crippen LogP contribution in [0.5, 0.6) is 0 Å². The highest BCUT2D eigenvalue weighted by Gasteiger charge is 2.30. The molecule has 2 rings (SSSR count). The molecular formula is C14H22N2.